The van der Waals surface area contributed by atoms with Crippen LogP contribution in [0.3, 0.4) is 0 Å². The van der Waals surface area contributed by atoms with Crippen molar-refractivity contribution in [3.63, 3.8) is 0 Å². The van der Waals surface area contributed by atoms with E-state index >= 15 is 0 Å². The molecule has 1 atom stereocenters. The van der Waals surface area contributed by atoms with Crippen molar-refractivity contribution in [2.24, 2.45) is 0 Å². The number of benzene rings is 2. The fraction of sp³-hybridized carbons (Fsp3) is 0.250. The van der Waals surface area contributed by atoms with Crippen LogP contribution in [-0.2, 0) is 16.6 Å². The van der Waals surface area contributed by atoms with Gasteiger partial charge in [-0.25, -0.2) is 8.42 Å². The summed E-state index contributed by atoms with van der Waals surface area (Å²) in [7, 11) is -3.79. The van der Waals surface area contributed by atoms with E-state index in [0.29, 0.717) is 11.8 Å². The van der Waals surface area contributed by atoms with Crippen LogP contribution in [0.1, 0.15) is 18.9 Å². The summed E-state index contributed by atoms with van der Waals surface area (Å²) in [5, 5.41) is 11.5. The van der Waals surface area contributed by atoms with Crippen molar-refractivity contribution in [2.45, 2.75) is 30.9 Å². The molecule has 1 unspecified atom stereocenters. The third kappa shape index (κ3) is 3.93. The number of aromatic nitrogens is 1. The third-order valence-electron chi connectivity index (χ3n) is 4.35. The maximum Gasteiger partial charge on any atom is 0.244 e. The summed E-state index contributed by atoms with van der Waals surface area (Å²) in [5.74, 6) is 0. The minimum atomic E-state index is -3.79. The normalized spacial score (nSPS) is 13.2. The predicted octanol–water partition coefficient (Wildman–Crippen LogP) is 3.20. The monoisotopic (exact) mass is 370 g/mol. The summed E-state index contributed by atoms with van der Waals surface area (Å²) in [4.78, 5) is 4.29. The molecule has 0 bridgehead atoms. The van der Waals surface area contributed by atoms with E-state index in [9.17, 15) is 13.5 Å². The molecule has 0 radical (unpaired) electrons. The van der Waals surface area contributed by atoms with Crippen molar-refractivity contribution < 1.29 is 13.5 Å². The van der Waals surface area contributed by atoms with Gasteiger partial charge in [0.2, 0.25) is 10.0 Å². The Labute approximate surface area is 154 Å². The molecule has 3 aromatic rings. The Hall–Kier alpha value is -2.28. The Kier molecular flexibility index (Phi) is 5.66. The highest BCUT2D eigenvalue weighted by atomic mass is 32.2. The maximum absolute atomic E-state index is 13.4. The first-order valence-corrected chi connectivity index (χ1v) is 10.0. The Balaban J connectivity index is 2.05. The van der Waals surface area contributed by atoms with Gasteiger partial charge in [-0.05, 0) is 24.1 Å². The molecule has 26 heavy (non-hydrogen) atoms. The molecule has 136 valence electrons. The zero-order valence-electron chi connectivity index (χ0n) is 14.6. The van der Waals surface area contributed by atoms with Crippen LogP contribution in [-0.4, -0.2) is 35.5 Å². The summed E-state index contributed by atoms with van der Waals surface area (Å²) >= 11 is 0. The number of sulfonamides is 1. The molecule has 5 nitrogen and oxygen atoms in total. The molecule has 0 amide bonds. The average Bonchev–Trinajstić information content (AvgIpc) is 2.67. The number of rotatable bonds is 7. The molecule has 1 aromatic heterocycles. The van der Waals surface area contributed by atoms with E-state index < -0.39 is 16.1 Å². The second-order valence-electron chi connectivity index (χ2n) is 6.20. The van der Waals surface area contributed by atoms with Crippen LogP contribution in [0.4, 0.5) is 0 Å². The number of fused-ring (bicyclic) bond motifs is 1. The molecule has 1 N–H and O–H groups in total. The first-order chi connectivity index (χ1) is 12.5. The van der Waals surface area contributed by atoms with Gasteiger partial charge in [0.05, 0.1) is 11.0 Å². The SMILES string of the molecule is CCC(O)CN(Cc1ccccc1)S(=O)(=O)c1cccc2cnccc12. The molecule has 3 rings (SSSR count). The van der Waals surface area contributed by atoms with E-state index in [4.69, 9.17) is 0 Å². The highest BCUT2D eigenvalue weighted by Crippen LogP contribution is 2.26. The Morgan fingerprint density at radius 3 is 2.58 bits per heavy atom. The summed E-state index contributed by atoms with van der Waals surface area (Å²) in [5.41, 5.74) is 0.876. The van der Waals surface area contributed by atoms with Crippen LogP contribution < -0.4 is 0 Å². The topological polar surface area (TPSA) is 70.5 Å². The molecule has 1 heterocycles. The average molecular weight is 370 g/mol. The smallest absolute Gasteiger partial charge is 0.244 e. The van der Waals surface area contributed by atoms with E-state index in [-0.39, 0.29) is 18.0 Å². The summed E-state index contributed by atoms with van der Waals surface area (Å²) in [6.07, 6.45) is 3.01. The lowest BCUT2D eigenvalue weighted by molar-refractivity contribution is 0.140. The minimum Gasteiger partial charge on any atom is -0.392 e. The van der Waals surface area contributed by atoms with Crippen molar-refractivity contribution in [1.29, 1.82) is 0 Å². The molecule has 0 spiro atoms. The quantitative estimate of drug-likeness (QED) is 0.693. The number of hydrogen-bond acceptors (Lipinski definition) is 4. The molecule has 0 aliphatic heterocycles. The number of hydrogen-bond donors (Lipinski definition) is 1. The summed E-state index contributed by atoms with van der Waals surface area (Å²) < 4.78 is 28.1. The van der Waals surface area contributed by atoms with E-state index in [1.165, 1.54) is 4.31 Å². The van der Waals surface area contributed by atoms with Crippen LogP contribution in [0.15, 0.2) is 71.9 Å². The van der Waals surface area contributed by atoms with Crippen molar-refractivity contribution in [3.05, 3.63) is 72.6 Å². The highest BCUT2D eigenvalue weighted by molar-refractivity contribution is 7.89. The Bertz CT molecular complexity index is 969. The number of pyridine rings is 1. The van der Waals surface area contributed by atoms with Crippen molar-refractivity contribution >= 4 is 20.8 Å². The van der Waals surface area contributed by atoms with Crippen LogP contribution >= 0.6 is 0 Å². The first kappa shape index (κ1) is 18.5. The van der Waals surface area contributed by atoms with E-state index in [2.05, 4.69) is 4.98 Å². The summed E-state index contributed by atoms with van der Waals surface area (Å²) in [6, 6.07) is 16.3. The van der Waals surface area contributed by atoms with Crippen LogP contribution in [0.25, 0.3) is 10.8 Å². The molecule has 0 aliphatic rings. The van der Waals surface area contributed by atoms with Crippen molar-refractivity contribution in [3.8, 4) is 0 Å². The first-order valence-electron chi connectivity index (χ1n) is 8.57. The minimum absolute atomic E-state index is 0.0508. The van der Waals surface area contributed by atoms with Gasteiger partial charge in [0.15, 0.2) is 0 Å². The van der Waals surface area contributed by atoms with E-state index in [1.54, 1.807) is 30.6 Å². The number of aliphatic hydroxyl groups is 1. The third-order valence-corrected chi connectivity index (χ3v) is 6.22. The van der Waals surface area contributed by atoms with Gasteiger partial charge < -0.3 is 5.11 Å². The Morgan fingerprint density at radius 1 is 1.08 bits per heavy atom. The lowest BCUT2D eigenvalue weighted by atomic mass is 10.2. The van der Waals surface area contributed by atoms with Crippen LogP contribution in [0.2, 0.25) is 0 Å². The summed E-state index contributed by atoms with van der Waals surface area (Å²) in [6.45, 7) is 2.10. The van der Waals surface area contributed by atoms with Crippen molar-refractivity contribution in [2.75, 3.05) is 6.54 Å². The zero-order chi connectivity index (χ0) is 18.6. The Morgan fingerprint density at radius 2 is 1.85 bits per heavy atom. The fourth-order valence-corrected chi connectivity index (χ4v) is 4.54. The molecule has 0 saturated heterocycles. The largest absolute Gasteiger partial charge is 0.392 e. The number of aliphatic hydroxyl groups excluding tert-OH is 1. The highest BCUT2D eigenvalue weighted by Gasteiger charge is 2.28. The van der Waals surface area contributed by atoms with Gasteiger partial charge in [-0.15, -0.1) is 0 Å². The second kappa shape index (κ2) is 7.95. The molecule has 0 fully saturated rings. The van der Waals surface area contributed by atoms with Crippen LogP contribution in [0.5, 0.6) is 0 Å². The second-order valence-corrected chi connectivity index (χ2v) is 8.10. The van der Waals surface area contributed by atoms with Gasteiger partial charge in [-0.3, -0.25) is 4.98 Å². The van der Waals surface area contributed by atoms with Gasteiger partial charge in [-0.2, -0.15) is 4.31 Å². The lowest BCUT2D eigenvalue weighted by Gasteiger charge is -2.25. The van der Waals surface area contributed by atoms with E-state index in [1.807, 2.05) is 43.3 Å². The molecule has 2 aromatic carbocycles. The van der Waals surface area contributed by atoms with Crippen molar-refractivity contribution in [1.82, 2.24) is 9.29 Å². The molecular formula is C20H22N2O3S. The number of nitrogens with zero attached hydrogens (tertiary/aromatic N) is 2. The molecule has 0 aliphatic carbocycles. The molecule has 0 saturated carbocycles. The molecular weight excluding hydrogens is 348 g/mol. The van der Waals surface area contributed by atoms with Gasteiger partial charge in [-0.1, -0.05) is 49.4 Å². The van der Waals surface area contributed by atoms with Gasteiger partial charge in [0.1, 0.15) is 0 Å². The fourth-order valence-electron chi connectivity index (χ4n) is 2.86. The van der Waals surface area contributed by atoms with Gasteiger partial charge >= 0.3 is 0 Å². The van der Waals surface area contributed by atoms with Crippen LogP contribution in [0, 0.1) is 0 Å². The zero-order valence-corrected chi connectivity index (χ0v) is 15.4. The standard InChI is InChI=1S/C20H22N2O3S/c1-2-18(23)15-22(14-16-7-4-3-5-8-16)26(24,25)20-10-6-9-17-13-21-12-11-19(17)20/h3-13,18,23H,2,14-15H2,1H3. The van der Waals surface area contributed by atoms with E-state index in [0.717, 1.165) is 10.9 Å². The molecule has 6 heteroatoms. The maximum atomic E-state index is 13.4. The lowest BCUT2D eigenvalue weighted by Crippen LogP contribution is -2.37. The van der Waals surface area contributed by atoms with Gasteiger partial charge in [0, 0.05) is 36.3 Å². The van der Waals surface area contributed by atoms with Gasteiger partial charge in [0.25, 0.3) is 0 Å². The predicted molar refractivity (Wildman–Crippen MR) is 102 cm³/mol.